The number of nitrogens with zero attached hydrogens (tertiary/aromatic N) is 5. The molecule has 11 nitrogen and oxygen atoms in total. The van der Waals surface area contributed by atoms with E-state index in [0.717, 1.165) is 29.1 Å². The maximum absolute atomic E-state index is 13.6. The number of ether oxygens (including phenoxy) is 1. The van der Waals surface area contributed by atoms with Crippen molar-refractivity contribution in [1.29, 1.82) is 0 Å². The van der Waals surface area contributed by atoms with E-state index in [0.29, 0.717) is 24.3 Å². The predicted molar refractivity (Wildman–Crippen MR) is 156 cm³/mol. The molecule has 3 aromatic heterocycles. The Kier molecular flexibility index (Phi) is 7.44. The lowest BCUT2D eigenvalue weighted by molar-refractivity contribution is 0.0206. The van der Waals surface area contributed by atoms with Gasteiger partial charge in [-0.25, -0.2) is 17.2 Å². The van der Waals surface area contributed by atoms with Crippen molar-refractivity contribution >= 4 is 55.4 Å². The van der Waals surface area contributed by atoms with Gasteiger partial charge in [0.2, 0.25) is 5.95 Å². The number of nitrogens with one attached hydrogen (secondary N) is 2. The van der Waals surface area contributed by atoms with Gasteiger partial charge >= 0.3 is 6.09 Å². The highest BCUT2D eigenvalue weighted by atomic mass is 32.2. The predicted octanol–water partition coefficient (Wildman–Crippen LogP) is 5.30. The van der Waals surface area contributed by atoms with Gasteiger partial charge in [-0.2, -0.15) is 14.3 Å². The van der Waals surface area contributed by atoms with E-state index in [1.165, 1.54) is 21.7 Å². The number of aryl methyl sites for hydroxylation is 2. The molecule has 0 unspecified atom stereocenters. The SMILES string of the molecule is Cc1ccc(S(=O)(=O)n2ccc3c(N[C@@H]4CCCN(C(=O)OC(C)(C)C)C4)nc(Nc4cc(C)ns4)nc32)cc1. The van der Waals surface area contributed by atoms with Crippen molar-refractivity contribution in [1.82, 2.24) is 23.2 Å². The van der Waals surface area contributed by atoms with E-state index < -0.39 is 15.6 Å². The molecule has 1 atom stereocenters. The second-order valence-corrected chi connectivity index (χ2v) is 13.6. The average molecular weight is 584 g/mol. The Bertz CT molecular complexity index is 1640. The van der Waals surface area contributed by atoms with Crippen molar-refractivity contribution in [3.8, 4) is 0 Å². The summed E-state index contributed by atoms with van der Waals surface area (Å²) >= 11 is 1.26. The lowest BCUT2D eigenvalue weighted by atomic mass is 10.1. The number of carbonyl (C=O) groups excluding carboxylic acids is 1. The van der Waals surface area contributed by atoms with Gasteiger partial charge in [0.25, 0.3) is 10.0 Å². The molecular formula is C27H33N7O4S2. The van der Waals surface area contributed by atoms with E-state index in [2.05, 4.69) is 20.0 Å². The van der Waals surface area contributed by atoms with Gasteiger partial charge in [-0.1, -0.05) is 17.7 Å². The van der Waals surface area contributed by atoms with Crippen molar-refractivity contribution in [3.05, 3.63) is 53.9 Å². The zero-order valence-electron chi connectivity index (χ0n) is 23.1. The van der Waals surface area contributed by atoms with Crippen molar-refractivity contribution in [2.24, 2.45) is 0 Å². The maximum Gasteiger partial charge on any atom is 0.410 e. The Morgan fingerprint density at radius 2 is 1.88 bits per heavy atom. The van der Waals surface area contributed by atoms with Crippen LogP contribution in [0.2, 0.25) is 0 Å². The summed E-state index contributed by atoms with van der Waals surface area (Å²) in [5.74, 6) is 0.708. The third kappa shape index (κ3) is 6.04. The first-order valence-electron chi connectivity index (χ1n) is 13.1. The molecule has 13 heteroatoms. The number of amides is 1. The molecule has 4 aromatic rings. The fourth-order valence-electron chi connectivity index (χ4n) is 4.49. The number of aromatic nitrogens is 4. The largest absolute Gasteiger partial charge is 0.444 e. The first-order valence-corrected chi connectivity index (χ1v) is 15.3. The highest BCUT2D eigenvalue weighted by Crippen LogP contribution is 2.30. The Balaban J connectivity index is 1.51. The lowest BCUT2D eigenvalue weighted by Crippen LogP contribution is -2.47. The summed E-state index contributed by atoms with van der Waals surface area (Å²) in [4.78, 5) is 23.9. The molecule has 212 valence electrons. The number of hydrogen-bond donors (Lipinski definition) is 2. The van der Waals surface area contributed by atoms with Crippen molar-refractivity contribution in [2.45, 2.75) is 64.0 Å². The van der Waals surface area contributed by atoms with Crippen LogP contribution in [-0.4, -0.2) is 62.5 Å². The topological polar surface area (TPSA) is 131 Å². The molecule has 1 fully saturated rings. The summed E-state index contributed by atoms with van der Waals surface area (Å²) in [7, 11) is -3.92. The molecule has 4 heterocycles. The molecule has 1 aliphatic rings. The smallest absolute Gasteiger partial charge is 0.410 e. The highest BCUT2D eigenvalue weighted by Gasteiger charge is 2.29. The molecule has 0 bridgehead atoms. The van der Waals surface area contributed by atoms with Crippen LogP contribution in [0, 0.1) is 13.8 Å². The van der Waals surface area contributed by atoms with Gasteiger partial charge in [0.05, 0.1) is 16.0 Å². The van der Waals surface area contributed by atoms with E-state index in [1.54, 1.807) is 35.2 Å². The fraction of sp³-hybridized carbons (Fsp3) is 0.407. The molecule has 1 amide bonds. The first-order chi connectivity index (χ1) is 18.9. The van der Waals surface area contributed by atoms with Crippen LogP contribution in [0.3, 0.4) is 0 Å². The van der Waals surface area contributed by atoms with Crippen molar-refractivity contribution in [2.75, 3.05) is 23.7 Å². The molecular weight excluding hydrogens is 550 g/mol. The molecule has 0 radical (unpaired) electrons. The number of benzene rings is 1. The summed E-state index contributed by atoms with van der Waals surface area (Å²) in [5.41, 5.74) is 1.46. The van der Waals surface area contributed by atoms with Crippen molar-refractivity contribution in [3.63, 3.8) is 0 Å². The number of piperidine rings is 1. The lowest BCUT2D eigenvalue weighted by Gasteiger charge is -2.34. The third-order valence-electron chi connectivity index (χ3n) is 6.37. The van der Waals surface area contributed by atoms with Crippen LogP contribution >= 0.6 is 11.5 Å². The van der Waals surface area contributed by atoms with Gasteiger partial charge in [-0.3, -0.25) is 0 Å². The van der Waals surface area contributed by atoms with Crippen LogP contribution in [0.5, 0.6) is 0 Å². The second kappa shape index (κ2) is 10.7. The summed E-state index contributed by atoms with van der Waals surface area (Å²) in [6, 6.07) is 10.1. The average Bonchev–Trinajstić information content (AvgIpc) is 3.50. The third-order valence-corrected chi connectivity index (χ3v) is 8.84. The van der Waals surface area contributed by atoms with Crippen molar-refractivity contribution < 1.29 is 17.9 Å². The van der Waals surface area contributed by atoms with Gasteiger partial charge in [0, 0.05) is 25.3 Å². The van der Waals surface area contributed by atoms with Gasteiger partial charge in [0.15, 0.2) is 5.65 Å². The van der Waals surface area contributed by atoms with E-state index in [-0.39, 0.29) is 28.6 Å². The van der Waals surface area contributed by atoms with Gasteiger partial charge in [-0.05, 0) is 83.3 Å². The van der Waals surface area contributed by atoms with Crippen LogP contribution in [0.1, 0.15) is 44.9 Å². The number of carbonyl (C=O) groups is 1. The standard InChI is InChI=1S/C27H33N7O4S2/c1-17-8-10-20(11-9-17)40(36,37)34-14-12-21-23(30-25(31-24(21)34)29-22-15-18(2)32-39-22)28-19-7-6-13-33(16-19)26(35)38-27(3,4)5/h8-12,14-15,19H,6-7,13,16H2,1-5H3,(H2,28,29,30,31)/t19-/m1/s1. The molecule has 1 saturated heterocycles. The van der Waals surface area contributed by atoms with E-state index >= 15 is 0 Å². The van der Waals surface area contributed by atoms with E-state index in [4.69, 9.17) is 9.72 Å². The Hall–Kier alpha value is -3.71. The van der Waals surface area contributed by atoms with Gasteiger partial charge < -0.3 is 20.3 Å². The Morgan fingerprint density at radius 1 is 1.12 bits per heavy atom. The summed E-state index contributed by atoms with van der Waals surface area (Å²) in [6.45, 7) is 10.4. The van der Waals surface area contributed by atoms with Crippen LogP contribution in [0.25, 0.3) is 11.0 Å². The molecule has 5 rings (SSSR count). The molecule has 0 saturated carbocycles. The minimum Gasteiger partial charge on any atom is -0.444 e. The minimum atomic E-state index is -3.92. The molecule has 40 heavy (non-hydrogen) atoms. The van der Waals surface area contributed by atoms with Gasteiger partial charge in [-0.15, -0.1) is 0 Å². The Labute approximate surface area is 237 Å². The quantitative estimate of drug-likeness (QED) is 0.310. The molecule has 1 aromatic carbocycles. The van der Waals surface area contributed by atoms with Crippen LogP contribution < -0.4 is 10.6 Å². The molecule has 1 aliphatic heterocycles. The van der Waals surface area contributed by atoms with Crippen LogP contribution in [-0.2, 0) is 14.8 Å². The fourth-order valence-corrected chi connectivity index (χ4v) is 6.44. The number of likely N-dealkylation sites (tertiary alicyclic amines) is 1. The number of rotatable bonds is 6. The number of hydrogen-bond acceptors (Lipinski definition) is 10. The maximum atomic E-state index is 13.6. The van der Waals surface area contributed by atoms with Crippen LogP contribution in [0.4, 0.5) is 21.6 Å². The van der Waals surface area contributed by atoms with E-state index in [9.17, 15) is 13.2 Å². The molecule has 2 N–H and O–H groups in total. The van der Waals surface area contributed by atoms with Crippen LogP contribution in [0.15, 0.2) is 47.5 Å². The molecule has 0 aliphatic carbocycles. The monoisotopic (exact) mass is 583 g/mol. The number of anilines is 3. The minimum absolute atomic E-state index is 0.116. The highest BCUT2D eigenvalue weighted by molar-refractivity contribution is 7.90. The summed E-state index contributed by atoms with van der Waals surface area (Å²) < 4.78 is 38.3. The molecule has 0 spiro atoms. The number of fused-ring (bicyclic) bond motifs is 1. The second-order valence-electron chi connectivity index (χ2n) is 10.9. The zero-order valence-corrected chi connectivity index (χ0v) is 24.8. The summed E-state index contributed by atoms with van der Waals surface area (Å²) in [6.07, 6.45) is 2.74. The zero-order chi connectivity index (χ0) is 28.7. The van der Waals surface area contributed by atoms with E-state index in [1.807, 2.05) is 40.7 Å². The normalized spacial score (nSPS) is 16.2. The Morgan fingerprint density at radius 3 is 2.55 bits per heavy atom. The van der Waals surface area contributed by atoms with Gasteiger partial charge in [0.1, 0.15) is 16.4 Å². The first kappa shape index (κ1) is 27.8. The summed E-state index contributed by atoms with van der Waals surface area (Å²) in [5, 5.41) is 7.90.